The number of hydrogen-bond acceptors (Lipinski definition) is 0. The zero-order valence-electron chi connectivity index (χ0n) is 6.45. The standard InChI is InChI=1S/C8H15F/c1-6(2)8(3)4-7(8)5-9/h6-7H,4-5H2,1-3H3. The highest BCUT2D eigenvalue weighted by Gasteiger charge is 2.51. The number of alkyl halides is 1. The van der Waals surface area contributed by atoms with Crippen LogP contribution in [0.2, 0.25) is 0 Å². The Balaban J connectivity index is 2.42. The van der Waals surface area contributed by atoms with Gasteiger partial charge in [-0.3, -0.25) is 4.39 Å². The molecule has 1 heteroatoms. The van der Waals surface area contributed by atoms with Gasteiger partial charge in [-0.2, -0.15) is 0 Å². The lowest BCUT2D eigenvalue weighted by molar-refractivity contribution is 0.319. The number of hydrogen-bond donors (Lipinski definition) is 0. The van der Waals surface area contributed by atoms with E-state index in [-0.39, 0.29) is 6.67 Å². The molecule has 1 saturated carbocycles. The predicted octanol–water partition coefficient (Wildman–Crippen LogP) is 2.64. The van der Waals surface area contributed by atoms with E-state index in [1.165, 1.54) is 0 Å². The molecule has 0 aromatic rings. The van der Waals surface area contributed by atoms with Gasteiger partial charge in [-0.15, -0.1) is 0 Å². The fourth-order valence-electron chi connectivity index (χ4n) is 1.41. The van der Waals surface area contributed by atoms with Crippen LogP contribution in [-0.4, -0.2) is 6.67 Å². The van der Waals surface area contributed by atoms with E-state index in [9.17, 15) is 4.39 Å². The first-order chi connectivity index (χ1) is 4.11. The summed E-state index contributed by atoms with van der Waals surface area (Å²) in [6, 6.07) is 0. The van der Waals surface area contributed by atoms with Gasteiger partial charge >= 0.3 is 0 Å². The molecule has 0 amide bonds. The van der Waals surface area contributed by atoms with E-state index in [1.807, 2.05) is 0 Å². The average Bonchev–Trinajstić information content (AvgIpc) is 2.44. The van der Waals surface area contributed by atoms with Gasteiger partial charge in [0.15, 0.2) is 0 Å². The minimum Gasteiger partial charge on any atom is -0.251 e. The van der Waals surface area contributed by atoms with E-state index in [1.54, 1.807) is 0 Å². The van der Waals surface area contributed by atoms with Gasteiger partial charge in [0.1, 0.15) is 0 Å². The maximum absolute atomic E-state index is 12.0. The van der Waals surface area contributed by atoms with E-state index < -0.39 is 0 Å². The van der Waals surface area contributed by atoms with Crippen molar-refractivity contribution in [2.45, 2.75) is 27.2 Å². The minimum absolute atomic E-state index is 0.116. The zero-order valence-corrected chi connectivity index (χ0v) is 6.45. The van der Waals surface area contributed by atoms with Crippen LogP contribution in [0.4, 0.5) is 4.39 Å². The molecule has 1 aliphatic rings. The summed E-state index contributed by atoms with van der Waals surface area (Å²) in [6.45, 7) is 6.42. The fraction of sp³-hybridized carbons (Fsp3) is 1.00. The normalized spacial score (nSPS) is 41.7. The quantitative estimate of drug-likeness (QED) is 0.539. The monoisotopic (exact) mass is 130 g/mol. The third-order valence-electron chi connectivity index (χ3n) is 2.96. The summed E-state index contributed by atoms with van der Waals surface area (Å²) in [5, 5.41) is 0. The van der Waals surface area contributed by atoms with E-state index in [0.717, 1.165) is 6.42 Å². The SMILES string of the molecule is CC(C)C1(C)CC1CF. The third kappa shape index (κ3) is 0.973. The van der Waals surface area contributed by atoms with Crippen LogP contribution in [0.25, 0.3) is 0 Å². The molecule has 0 aliphatic heterocycles. The Kier molecular flexibility index (Phi) is 1.54. The Morgan fingerprint density at radius 3 is 2.33 bits per heavy atom. The molecular weight excluding hydrogens is 115 g/mol. The highest BCUT2D eigenvalue weighted by Crippen LogP contribution is 2.57. The van der Waals surface area contributed by atoms with Crippen molar-refractivity contribution in [1.82, 2.24) is 0 Å². The molecule has 0 N–H and O–H groups in total. The molecule has 0 radical (unpaired) electrons. The molecule has 1 fully saturated rings. The van der Waals surface area contributed by atoms with Gasteiger partial charge in [-0.1, -0.05) is 20.8 Å². The maximum atomic E-state index is 12.0. The minimum atomic E-state index is -0.116. The summed E-state index contributed by atoms with van der Waals surface area (Å²) in [5.41, 5.74) is 0.342. The lowest BCUT2D eigenvalue weighted by Crippen LogP contribution is -2.07. The molecule has 0 heterocycles. The molecule has 2 unspecified atom stereocenters. The van der Waals surface area contributed by atoms with Crippen molar-refractivity contribution in [3.05, 3.63) is 0 Å². The van der Waals surface area contributed by atoms with Crippen LogP contribution in [0.15, 0.2) is 0 Å². The van der Waals surface area contributed by atoms with Gasteiger partial charge in [0.25, 0.3) is 0 Å². The van der Waals surface area contributed by atoms with Crippen molar-refractivity contribution in [3.63, 3.8) is 0 Å². The first kappa shape index (κ1) is 7.04. The second kappa shape index (κ2) is 1.96. The van der Waals surface area contributed by atoms with Crippen LogP contribution in [0.3, 0.4) is 0 Å². The van der Waals surface area contributed by atoms with Gasteiger partial charge in [0, 0.05) is 0 Å². The van der Waals surface area contributed by atoms with Gasteiger partial charge in [0.2, 0.25) is 0 Å². The first-order valence-electron chi connectivity index (χ1n) is 3.67. The van der Waals surface area contributed by atoms with E-state index in [4.69, 9.17) is 0 Å². The van der Waals surface area contributed by atoms with Crippen LogP contribution in [-0.2, 0) is 0 Å². The number of rotatable bonds is 2. The molecule has 54 valence electrons. The van der Waals surface area contributed by atoms with Gasteiger partial charge < -0.3 is 0 Å². The molecule has 1 rings (SSSR count). The summed E-state index contributed by atoms with van der Waals surface area (Å²) in [6.07, 6.45) is 1.10. The van der Waals surface area contributed by atoms with Crippen molar-refractivity contribution in [3.8, 4) is 0 Å². The van der Waals surface area contributed by atoms with Gasteiger partial charge in [-0.25, -0.2) is 0 Å². The highest BCUT2D eigenvalue weighted by molar-refractivity contribution is 5.00. The van der Waals surface area contributed by atoms with Crippen molar-refractivity contribution < 1.29 is 4.39 Å². The predicted molar refractivity (Wildman–Crippen MR) is 37.0 cm³/mol. The molecule has 0 aromatic carbocycles. The summed E-state index contributed by atoms with van der Waals surface area (Å²) in [7, 11) is 0. The topological polar surface area (TPSA) is 0 Å². The van der Waals surface area contributed by atoms with E-state index in [0.29, 0.717) is 17.3 Å². The molecule has 2 atom stereocenters. The Morgan fingerprint density at radius 2 is 2.22 bits per heavy atom. The van der Waals surface area contributed by atoms with Crippen LogP contribution < -0.4 is 0 Å². The van der Waals surface area contributed by atoms with Crippen LogP contribution in [0.1, 0.15) is 27.2 Å². The molecule has 0 aromatic heterocycles. The summed E-state index contributed by atoms with van der Waals surface area (Å²) in [5.74, 6) is 1.02. The molecule has 0 bridgehead atoms. The van der Waals surface area contributed by atoms with Crippen LogP contribution in [0.5, 0.6) is 0 Å². The molecule has 0 nitrogen and oxygen atoms in total. The Bertz CT molecular complexity index is 109. The lowest BCUT2D eigenvalue weighted by atomic mass is 9.92. The lowest BCUT2D eigenvalue weighted by Gasteiger charge is -2.13. The maximum Gasteiger partial charge on any atom is 0.0928 e. The van der Waals surface area contributed by atoms with E-state index in [2.05, 4.69) is 20.8 Å². The Labute approximate surface area is 56.5 Å². The Hall–Kier alpha value is -0.0700. The summed E-state index contributed by atoms with van der Waals surface area (Å²) >= 11 is 0. The van der Waals surface area contributed by atoms with Crippen LogP contribution >= 0.6 is 0 Å². The molecular formula is C8H15F. The third-order valence-corrected chi connectivity index (χ3v) is 2.96. The zero-order chi connectivity index (χ0) is 7.07. The Morgan fingerprint density at radius 1 is 1.67 bits per heavy atom. The van der Waals surface area contributed by atoms with Crippen molar-refractivity contribution >= 4 is 0 Å². The first-order valence-corrected chi connectivity index (χ1v) is 3.67. The molecule has 0 spiro atoms. The highest BCUT2D eigenvalue weighted by atomic mass is 19.1. The molecule has 0 saturated heterocycles. The second-order valence-corrected chi connectivity index (χ2v) is 3.72. The average molecular weight is 130 g/mol. The van der Waals surface area contributed by atoms with Crippen molar-refractivity contribution in [1.29, 1.82) is 0 Å². The number of halogens is 1. The largest absolute Gasteiger partial charge is 0.251 e. The summed E-state index contributed by atoms with van der Waals surface area (Å²) < 4.78 is 12.0. The van der Waals surface area contributed by atoms with Crippen molar-refractivity contribution in [2.24, 2.45) is 17.3 Å². The molecule has 1 aliphatic carbocycles. The summed E-state index contributed by atoms with van der Waals surface area (Å²) in [4.78, 5) is 0. The van der Waals surface area contributed by atoms with E-state index >= 15 is 0 Å². The smallest absolute Gasteiger partial charge is 0.0928 e. The fourth-order valence-corrected chi connectivity index (χ4v) is 1.41. The molecule has 9 heavy (non-hydrogen) atoms. The second-order valence-electron chi connectivity index (χ2n) is 3.72. The van der Waals surface area contributed by atoms with Gasteiger partial charge in [0.05, 0.1) is 6.67 Å². The van der Waals surface area contributed by atoms with Gasteiger partial charge in [-0.05, 0) is 23.7 Å². The van der Waals surface area contributed by atoms with Crippen molar-refractivity contribution in [2.75, 3.05) is 6.67 Å². The van der Waals surface area contributed by atoms with Crippen LogP contribution in [0, 0.1) is 17.3 Å².